The summed E-state index contributed by atoms with van der Waals surface area (Å²) in [7, 11) is 0. The molecule has 0 unspecified atom stereocenters. The van der Waals surface area contributed by atoms with Gasteiger partial charge in [-0.25, -0.2) is 9.82 Å². The van der Waals surface area contributed by atoms with Gasteiger partial charge in [0.05, 0.1) is 11.8 Å². The first-order valence-corrected chi connectivity index (χ1v) is 7.33. The van der Waals surface area contributed by atoms with Gasteiger partial charge in [0.1, 0.15) is 11.6 Å². The van der Waals surface area contributed by atoms with Gasteiger partial charge in [0, 0.05) is 14.5 Å². The van der Waals surface area contributed by atoms with Gasteiger partial charge in [-0.3, -0.25) is 4.79 Å². The summed E-state index contributed by atoms with van der Waals surface area (Å²) in [5.74, 6) is -1.06. The maximum atomic E-state index is 13.0. The maximum Gasteiger partial charge on any atom is 0.272 e. The fraction of sp³-hybridized carbons (Fsp3) is 0. The number of carbonyl (C=O) groups is 1. The monoisotopic (exact) mass is 414 g/mol. The lowest BCUT2D eigenvalue weighted by atomic mass is 10.2. The van der Waals surface area contributed by atoms with Crippen molar-refractivity contribution in [1.29, 1.82) is 0 Å². The number of phenols is 1. The quantitative estimate of drug-likeness (QED) is 0.591. The van der Waals surface area contributed by atoms with Crippen LogP contribution in [0.3, 0.4) is 0 Å². The number of phenolic OH excluding ortho intramolecular Hbond substituents is 1. The number of rotatable bonds is 3. The third-order valence-corrected chi connectivity index (χ3v) is 3.68. The molecule has 2 aromatic rings. The highest BCUT2D eigenvalue weighted by atomic mass is 79.9. The molecule has 21 heavy (non-hydrogen) atoms. The summed E-state index contributed by atoms with van der Waals surface area (Å²) >= 11 is 6.56. The molecule has 0 aliphatic carbocycles. The minimum absolute atomic E-state index is 0.126. The van der Waals surface area contributed by atoms with Crippen LogP contribution in [0.1, 0.15) is 15.9 Å². The molecule has 0 radical (unpaired) electrons. The Morgan fingerprint density at radius 2 is 2.00 bits per heavy atom. The second kappa shape index (κ2) is 6.82. The summed E-state index contributed by atoms with van der Waals surface area (Å²) in [4.78, 5) is 11.9. The van der Waals surface area contributed by atoms with Gasteiger partial charge in [-0.15, -0.1) is 0 Å². The average Bonchev–Trinajstić information content (AvgIpc) is 2.42. The van der Waals surface area contributed by atoms with Gasteiger partial charge in [-0.05, 0) is 52.3 Å². The molecule has 4 nitrogen and oxygen atoms in total. The SMILES string of the molecule is O=C(N/N=C\c1cc(F)ccc1O)c1ccc(Br)cc1Br. The number of hydrogen-bond donors (Lipinski definition) is 2. The van der Waals surface area contributed by atoms with E-state index in [0.717, 1.165) is 16.6 Å². The molecule has 0 heterocycles. The number of benzene rings is 2. The smallest absolute Gasteiger partial charge is 0.272 e. The van der Waals surface area contributed by atoms with Crippen LogP contribution < -0.4 is 5.43 Å². The predicted octanol–water partition coefficient (Wildman–Crippen LogP) is 3.82. The van der Waals surface area contributed by atoms with Crippen molar-refractivity contribution < 1.29 is 14.3 Å². The van der Waals surface area contributed by atoms with E-state index in [4.69, 9.17) is 0 Å². The lowest BCUT2D eigenvalue weighted by Gasteiger charge is -2.03. The topological polar surface area (TPSA) is 61.7 Å². The maximum absolute atomic E-state index is 13.0. The van der Waals surface area contributed by atoms with Crippen LogP contribution in [0.5, 0.6) is 5.75 Å². The molecular formula is C14H9Br2FN2O2. The fourth-order valence-electron chi connectivity index (χ4n) is 1.52. The first kappa shape index (κ1) is 15.7. The zero-order valence-electron chi connectivity index (χ0n) is 10.5. The molecule has 0 aromatic heterocycles. The Bertz CT molecular complexity index is 720. The van der Waals surface area contributed by atoms with Crippen LogP contribution in [-0.2, 0) is 0 Å². The minimum atomic E-state index is -0.503. The van der Waals surface area contributed by atoms with Crippen LogP contribution in [0, 0.1) is 5.82 Å². The molecule has 0 aliphatic heterocycles. The van der Waals surface area contributed by atoms with Gasteiger partial charge in [0.2, 0.25) is 0 Å². The van der Waals surface area contributed by atoms with E-state index < -0.39 is 11.7 Å². The highest BCUT2D eigenvalue weighted by molar-refractivity contribution is 9.11. The van der Waals surface area contributed by atoms with Crippen LogP contribution in [0.4, 0.5) is 4.39 Å². The summed E-state index contributed by atoms with van der Waals surface area (Å²) in [5, 5.41) is 13.2. The largest absolute Gasteiger partial charge is 0.507 e. The molecule has 2 rings (SSSR count). The van der Waals surface area contributed by atoms with E-state index in [2.05, 4.69) is 42.4 Å². The molecule has 0 fully saturated rings. The van der Waals surface area contributed by atoms with Crippen molar-refractivity contribution in [3.63, 3.8) is 0 Å². The summed E-state index contributed by atoms with van der Waals surface area (Å²) in [6.45, 7) is 0. The van der Waals surface area contributed by atoms with Gasteiger partial charge >= 0.3 is 0 Å². The minimum Gasteiger partial charge on any atom is -0.507 e. The predicted molar refractivity (Wildman–Crippen MR) is 85.0 cm³/mol. The van der Waals surface area contributed by atoms with Gasteiger partial charge in [0.15, 0.2) is 0 Å². The van der Waals surface area contributed by atoms with E-state index in [1.165, 1.54) is 12.3 Å². The average molecular weight is 416 g/mol. The molecule has 0 saturated heterocycles. The fourth-order valence-corrected chi connectivity index (χ4v) is 2.75. The molecule has 2 N–H and O–H groups in total. The number of halogens is 3. The summed E-state index contributed by atoms with van der Waals surface area (Å²) in [5.41, 5.74) is 2.88. The summed E-state index contributed by atoms with van der Waals surface area (Å²) in [6.07, 6.45) is 1.17. The van der Waals surface area contributed by atoms with Crippen molar-refractivity contribution in [2.75, 3.05) is 0 Å². The normalized spacial score (nSPS) is 10.8. The molecule has 7 heteroatoms. The molecule has 0 spiro atoms. The van der Waals surface area contributed by atoms with Crippen LogP contribution in [0.15, 0.2) is 50.4 Å². The first-order valence-electron chi connectivity index (χ1n) is 5.74. The lowest BCUT2D eigenvalue weighted by molar-refractivity contribution is 0.0954. The van der Waals surface area contributed by atoms with Crippen molar-refractivity contribution in [3.05, 3.63) is 62.3 Å². The van der Waals surface area contributed by atoms with Gasteiger partial charge < -0.3 is 5.11 Å². The van der Waals surface area contributed by atoms with Crippen LogP contribution in [-0.4, -0.2) is 17.2 Å². The lowest BCUT2D eigenvalue weighted by Crippen LogP contribution is -2.18. The molecular weight excluding hydrogens is 407 g/mol. The summed E-state index contributed by atoms with van der Waals surface area (Å²) < 4.78 is 14.5. The number of carbonyl (C=O) groups excluding carboxylic acids is 1. The number of aromatic hydroxyl groups is 1. The Morgan fingerprint density at radius 1 is 1.24 bits per heavy atom. The second-order valence-corrected chi connectivity index (χ2v) is 5.80. The van der Waals surface area contributed by atoms with Crippen molar-refractivity contribution in [2.24, 2.45) is 5.10 Å². The molecule has 0 bridgehead atoms. The van der Waals surface area contributed by atoms with E-state index >= 15 is 0 Å². The highest BCUT2D eigenvalue weighted by Crippen LogP contribution is 2.21. The molecule has 108 valence electrons. The molecule has 0 aliphatic rings. The van der Waals surface area contributed by atoms with E-state index in [9.17, 15) is 14.3 Å². The standard InChI is InChI=1S/C14H9Br2FN2O2/c15-9-1-3-11(12(16)6-9)14(21)19-18-7-8-5-10(17)2-4-13(8)20/h1-7,20H,(H,19,21)/b18-7-. The van der Waals surface area contributed by atoms with Crippen molar-refractivity contribution >= 4 is 44.0 Å². The van der Waals surface area contributed by atoms with E-state index in [0.29, 0.717) is 10.0 Å². The highest BCUT2D eigenvalue weighted by Gasteiger charge is 2.09. The van der Waals surface area contributed by atoms with Crippen molar-refractivity contribution in [3.8, 4) is 5.75 Å². The number of amides is 1. The van der Waals surface area contributed by atoms with Gasteiger partial charge in [-0.1, -0.05) is 15.9 Å². The Balaban J connectivity index is 2.10. The van der Waals surface area contributed by atoms with Crippen molar-refractivity contribution in [1.82, 2.24) is 5.43 Å². The zero-order valence-corrected chi connectivity index (χ0v) is 13.7. The number of nitrogens with zero attached hydrogens (tertiary/aromatic N) is 1. The molecule has 1 amide bonds. The molecule has 0 atom stereocenters. The third-order valence-electron chi connectivity index (χ3n) is 2.54. The molecule has 2 aromatic carbocycles. The Kier molecular flexibility index (Phi) is 5.08. The summed E-state index contributed by atoms with van der Waals surface area (Å²) in [6, 6.07) is 8.53. The third kappa shape index (κ3) is 4.12. The van der Waals surface area contributed by atoms with Gasteiger partial charge in [0.25, 0.3) is 5.91 Å². The second-order valence-electron chi connectivity index (χ2n) is 4.03. The zero-order chi connectivity index (χ0) is 15.4. The molecule has 0 saturated carbocycles. The van der Waals surface area contributed by atoms with E-state index in [1.807, 2.05) is 0 Å². The van der Waals surface area contributed by atoms with Crippen LogP contribution in [0.25, 0.3) is 0 Å². The Hall–Kier alpha value is -1.73. The number of hydrazone groups is 1. The van der Waals surface area contributed by atoms with E-state index in [-0.39, 0.29) is 11.3 Å². The Morgan fingerprint density at radius 3 is 2.71 bits per heavy atom. The first-order chi connectivity index (χ1) is 9.97. The van der Waals surface area contributed by atoms with Crippen LogP contribution >= 0.6 is 31.9 Å². The van der Waals surface area contributed by atoms with Gasteiger partial charge in [-0.2, -0.15) is 5.10 Å². The number of nitrogens with one attached hydrogen (secondary N) is 1. The van der Waals surface area contributed by atoms with Crippen LogP contribution in [0.2, 0.25) is 0 Å². The number of hydrogen-bond acceptors (Lipinski definition) is 3. The van der Waals surface area contributed by atoms with Crippen molar-refractivity contribution in [2.45, 2.75) is 0 Å². The van der Waals surface area contributed by atoms with E-state index in [1.54, 1.807) is 18.2 Å². The Labute approximate surface area is 136 Å².